The van der Waals surface area contributed by atoms with E-state index in [1.54, 1.807) is 17.3 Å². The zero-order valence-electron chi connectivity index (χ0n) is 11.6. The van der Waals surface area contributed by atoms with Crippen molar-refractivity contribution < 1.29 is 9.59 Å². The first kappa shape index (κ1) is 13.1. The van der Waals surface area contributed by atoms with Gasteiger partial charge in [-0.3, -0.25) is 14.6 Å². The van der Waals surface area contributed by atoms with Crippen LogP contribution in [0.1, 0.15) is 26.2 Å². The molecule has 0 spiro atoms. The standard InChI is InChI=1S/C15H19N3O2/c1-10-8-12(10)14(19)17-13-5-3-7-18(15(13)20)11-4-2-6-16-9-11/h2,4,6,9-10,12-13H,3,5,7-8H2,1H3,(H,17,19). The fourth-order valence-electron chi connectivity index (χ4n) is 2.75. The highest BCUT2D eigenvalue weighted by Gasteiger charge is 2.41. The number of nitrogens with zero attached hydrogens (tertiary/aromatic N) is 2. The van der Waals surface area contributed by atoms with E-state index in [2.05, 4.69) is 17.2 Å². The van der Waals surface area contributed by atoms with Gasteiger partial charge in [0.1, 0.15) is 6.04 Å². The van der Waals surface area contributed by atoms with Gasteiger partial charge in [-0.25, -0.2) is 0 Å². The molecule has 3 unspecified atom stereocenters. The third-order valence-corrected chi connectivity index (χ3v) is 4.16. The smallest absolute Gasteiger partial charge is 0.249 e. The van der Waals surface area contributed by atoms with Crippen molar-refractivity contribution in [3.05, 3.63) is 24.5 Å². The van der Waals surface area contributed by atoms with Crippen LogP contribution in [0.4, 0.5) is 5.69 Å². The molecule has 0 radical (unpaired) electrons. The molecule has 2 fully saturated rings. The van der Waals surface area contributed by atoms with Crippen molar-refractivity contribution in [2.24, 2.45) is 11.8 Å². The second-order valence-corrected chi connectivity index (χ2v) is 5.72. The van der Waals surface area contributed by atoms with E-state index in [-0.39, 0.29) is 23.8 Å². The molecule has 1 aliphatic carbocycles. The molecule has 1 aliphatic heterocycles. The quantitative estimate of drug-likeness (QED) is 0.904. The zero-order chi connectivity index (χ0) is 14.1. The van der Waals surface area contributed by atoms with Crippen molar-refractivity contribution in [1.82, 2.24) is 10.3 Å². The number of amides is 2. The van der Waals surface area contributed by atoms with E-state index in [1.807, 2.05) is 12.1 Å². The van der Waals surface area contributed by atoms with Gasteiger partial charge in [0.05, 0.1) is 11.9 Å². The van der Waals surface area contributed by atoms with Gasteiger partial charge in [-0.1, -0.05) is 6.92 Å². The Morgan fingerprint density at radius 3 is 2.95 bits per heavy atom. The Hall–Kier alpha value is -1.91. The van der Waals surface area contributed by atoms with Crippen molar-refractivity contribution >= 4 is 17.5 Å². The molecule has 5 nitrogen and oxygen atoms in total. The largest absolute Gasteiger partial charge is 0.344 e. The number of carbonyl (C=O) groups is 2. The summed E-state index contributed by atoms with van der Waals surface area (Å²) in [6.45, 7) is 2.76. The summed E-state index contributed by atoms with van der Waals surface area (Å²) in [5.74, 6) is 0.578. The minimum absolute atomic E-state index is 0.0223. The fraction of sp³-hybridized carbons (Fsp3) is 0.533. The molecule has 20 heavy (non-hydrogen) atoms. The molecule has 1 saturated carbocycles. The van der Waals surface area contributed by atoms with Crippen LogP contribution in [0.15, 0.2) is 24.5 Å². The van der Waals surface area contributed by atoms with E-state index in [1.165, 1.54) is 0 Å². The van der Waals surface area contributed by atoms with Gasteiger partial charge in [-0.15, -0.1) is 0 Å². The molecule has 1 N–H and O–H groups in total. The Labute approximate surface area is 118 Å². The average molecular weight is 273 g/mol. The van der Waals surface area contributed by atoms with E-state index in [0.29, 0.717) is 12.5 Å². The van der Waals surface area contributed by atoms with Gasteiger partial charge >= 0.3 is 0 Å². The molecule has 2 heterocycles. The van der Waals surface area contributed by atoms with Crippen molar-refractivity contribution in [3.63, 3.8) is 0 Å². The number of anilines is 1. The second kappa shape index (κ2) is 5.23. The Balaban J connectivity index is 1.67. The molecule has 1 aromatic heterocycles. The first-order valence-electron chi connectivity index (χ1n) is 7.18. The van der Waals surface area contributed by atoms with Crippen LogP contribution in [0.2, 0.25) is 0 Å². The van der Waals surface area contributed by atoms with Crippen molar-refractivity contribution in [3.8, 4) is 0 Å². The lowest BCUT2D eigenvalue weighted by Crippen LogP contribution is -2.52. The molecule has 0 bridgehead atoms. The molecule has 3 atom stereocenters. The van der Waals surface area contributed by atoms with Gasteiger partial charge in [0, 0.05) is 18.7 Å². The summed E-state index contributed by atoms with van der Waals surface area (Å²) in [5, 5.41) is 2.91. The molecule has 5 heteroatoms. The van der Waals surface area contributed by atoms with Gasteiger partial charge in [-0.2, -0.15) is 0 Å². The Bertz CT molecular complexity index is 517. The highest BCUT2D eigenvalue weighted by molar-refractivity contribution is 6.00. The van der Waals surface area contributed by atoms with Crippen LogP contribution in [0.3, 0.4) is 0 Å². The maximum atomic E-state index is 12.5. The molecule has 2 aliphatic rings. The average Bonchev–Trinajstić information content (AvgIpc) is 3.19. The SMILES string of the molecule is CC1CC1C(=O)NC1CCCN(c2cccnc2)C1=O. The lowest BCUT2D eigenvalue weighted by atomic mass is 10.0. The summed E-state index contributed by atoms with van der Waals surface area (Å²) < 4.78 is 0. The lowest BCUT2D eigenvalue weighted by Gasteiger charge is -2.32. The molecule has 3 rings (SSSR count). The molecule has 106 valence electrons. The topological polar surface area (TPSA) is 62.3 Å². The summed E-state index contributed by atoms with van der Waals surface area (Å²) >= 11 is 0. The summed E-state index contributed by atoms with van der Waals surface area (Å²) in [6, 6.07) is 3.30. The van der Waals surface area contributed by atoms with Gasteiger partial charge < -0.3 is 10.2 Å². The summed E-state index contributed by atoms with van der Waals surface area (Å²) in [7, 11) is 0. The summed E-state index contributed by atoms with van der Waals surface area (Å²) in [6.07, 6.45) is 5.93. The lowest BCUT2D eigenvalue weighted by molar-refractivity contribution is -0.129. The van der Waals surface area contributed by atoms with Crippen LogP contribution >= 0.6 is 0 Å². The predicted molar refractivity (Wildman–Crippen MR) is 75.0 cm³/mol. The van der Waals surface area contributed by atoms with Crippen LogP contribution in [0.25, 0.3) is 0 Å². The number of rotatable bonds is 3. The van der Waals surface area contributed by atoms with E-state index in [4.69, 9.17) is 0 Å². The van der Waals surface area contributed by atoms with Crippen molar-refractivity contribution in [2.75, 3.05) is 11.4 Å². The van der Waals surface area contributed by atoms with Gasteiger partial charge in [-0.05, 0) is 37.3 Å². The predicted octanol–water partition coefficient (Wildman–Crippen LogP) is 1.35. The van der Waals surface area contributed by atoms with Crippen LogP contribution in [-0.2, 0) is 9.59 Å². The molecule has 0 aromatic carbocycles. The number of carbonyl (C=O) groups excluding carboxylic acids is 2. The highest BCUT2D eigenvalue weighted by atomic mass is 16.2. The first-order valence-corrected chi connectivity index (χ1v) is 7.18. The number of nitrogens with one attached hydrogen (secondary N) is 1. The highest BCUT2D eigenvalue weighted by Crippen LogP contribution is 2.37. The fourth-order valence-corrected chi connectivity index (χ4v) is 2.75. The van der Waals surface area contributed by atoms with E-state index >= 15 is 0 Å². The van der Waals surface area contributed by atoms with Gasteiger partial charge in [0.2, 0.25) is 11.8 Å². The minimum atomic E-state index is -0.385. The Morgan fingerprint density at radius 2 is 2.30 bits per heavy atom. The summed E-state index contributed by atoms with van der Waals surface area (Å²) in [5.41, 5.74) is 0.802. The van der Waals surface area contributed by atoms with Crippen molar-refractivity contribution in [1.29, 1.82) is 0 Å². The minimum Gasteiger partial charge on any atom is -0.344 e. The van der Waals surface area contributed by atoms with Crippen molar-refractivity contribution in [2.45, 2.75) is 32.2 Å². The number of pyridine rings is 1. The number of hydrogen-bond acceptors (Lipinski definition) is 3. The molecular weight excluding hydrogens is 254 g/mol. The van der Waals surface area contributed by atoms with Gasteiger partial charge in [0.25, 0.3) is 0 Å². The molecule has 2 amide bonds. The van der Waals surface area contributed by atoms with E-state index in [0.717, 1.165) is 24.9 Å². The molecular formula is C15H19N3O2. The van der Waals surface area contributed by atoms with Crippen LogP contribution in [0, 0.1) is 11.8 Å². The van der Waals surface area contributed by atoms with Crippen LogP contribution in [0.5, 0.6) is 0 Å². The molecule has 1 saturated heterocycles. The Morgan fingerprint density at radius 1 is 1.50 bits per heavy atom. The number of hydrogen-bond donors (Lipinski definition) is 1. The monoisotopic (exact) mass is 273 g/mol. The third kappa shape index (κ3) is 2.53. The first-order chi connectivity index (χ1) is 9.66. The van der Waals surface area contributed by atoms with Crippen LogP contribution in [-0.4, -0.2) is 29.4 Å². The number of piperidine rings is 1. The molecule has 1 aromatic rings. The normalized spacial score (nSPS) is 29.1. The van der Waals surface area contributed by atoms with E-state index in [9.17, 15) is 9.59 Å². The third-order valence-electron chi connectivity index (χ3n) is 4.16. The second-order valence-electron chi connectivity index (χ2n) is 5.72. The van der Waals surface area contributed by atoms with Crippen LogP contribution < -0.4 is 10.2 Å². The maximum Gasteiger partial charge on any atom is 0.249 e. The number of aromatic nitrogens is 1. The maximum absolute atomic E-state index is 12.5. The van der Waals surface area contributed by atoms with E-state index < -0.39 is 0 Å². The zero-order valence-corrected chi connectivity index (χ0v) is 11.6. The summed E-state index contributed by atoms with van der Waals surface area (Å²) in [4.78, 5) is 30.2. The van der Waals surface area contributed by atoms with Gasteiger partial charge in [0.15, 0.2) is 0 Å². The Kier molecular flexibility index (Phi) is 3.42.